The second kappa shape index (κ2) is 6.14. The number of nitrogens with one attached hydrogen (secondary N) is 1. The van der Waals surface area contributed by atoms with Crippen molar-refractivity contribution < 1.29 is 14.1 Å². The molecule has 0 atom stereocenters. The second-order valence-electron chi connectivity index (χ2n) is 3.91. The van der Waals surface area contributed by atoms with E-state index in [2.05, 4.69) is 10.3 Å². The largest absolute Gasteiger partial charge is 0.424 e. The molecule has 0 aliphatic carbocycles. The Morgan fingerprint density at radius 1 is 1.53 bits per heavy atom. The van der Waals surface area contributed by atoms with E-state index in [1.165, 1.54) is 12.1 Å². The molecule has 1 heterocycles. The van der Waals surface area contributed by atoms with E-state index in [9.17, 15) is 10.1 Å². The summed E-state index contributed by atoms with van der Waals surface area (Å²) in [6.07, 6.45) is 0.840. The molecule has 102 valence electrons. The topological polar surface area (TPSA) is 90.4 Å². The van der Waals surface area contributed by atoms with Crippen LogP contribution in [0.25, 0.3) is 11.1 Å². The van der Waals surface area contributed by atoms with Gasteiger partial charge in [-0.15, -0.1) is 0 Å². The normalized spacial score (nSPS) is 10.8. The number of oxazole rings is 1. The Kier molecular flexibility index (Phi) is 4.30. The molecule has 1 aromatic carbocycles. The Labute approximate surface area is 109 Å². The molecule has 2 rings (SSSR count). The molecule has 0 fully saturated rings. The highest BCUT2D eigenvalue weighted by Crippen LogP contribution is 2.23. The Hall–Kier alpha value is -2.15. The number of ether oxygens (including phenoxy) is 1. The minimum Gasteiger partial charge on any atom is -0.424 e. The van der Waals surface area contributed by atoms with Gasteiger partial charge in [-0.1, -0.05) is 0 Å². The maximum atomic E-state index is 10.6. The highest BCUT2D eigenvalue weighted by molar-refractivity contribution is 5.77. The quantitative estimate of drug-likeness (QED) is 0.470. The lowest BCUT2D eigenvalue weighted by atomic mass is 10.3. The molecule has 0 saturated carbocycles. The van der Waals surface area contributed by atoms with Gasteiger partial charge in [-0.3, -0.25) is 10.1 Å². The van der Waals surface area contributed by atoms with Gasteiger partial charge in [0.15, 0.2) is 5.58 Å². The van der Waals surface area contributed by atoms with Crippen LogP contribution in [0.5, 0.6) is 0 Å². The number of nitrogens with zero attached hydrogens (tertiary/aromatic N) is 2. The van der Waals surface area contributed by atoms with Crippen LogP contribution in [0.3, 0.4) is 0 Å². The summed E-state index contributed by atoms with van der Waals surface area (Å²) in [4.78, 5) is 14.3. The molecular weight excluding hydrogens is 250 g/mol. The van der Waals surface area contributed by atoms with Crippen molar-refractivity contribution in [3.05, 3.63) is 28.3 Å². The van der Waals surface area contributed by atoms with Gasteiger partial charge in [-0.05, 0) is 19.4 Å². The Bertz CT molecular complexity index is 567. The van der Waals surface area contributed by atoms with Crippen molar-refractivity contribution >= 4 is 22.8 Å². The first kappa shape index (κ1) is 13.3. The fourth-order valence-electron chi connectivity index (χ4n) is 1.62. The number of non-ortho nitro benzene ring substituents is 1. The van der Waals surface area contributed by atoms with E-state index in [1.807, 2.05) is 6.92 Å². The first-order valence-electron chi connectivity index (χ1n) is 6.07. The van der Waals surface area contributed by atoms with E-state index in [-0.39, 0.29) is 5.69 Å². The Morgan fingerprint density at radius 2 is 2.37 bits per heavy atom. The first-order chi connectivity index (χ1) is 9.20. The number of hydrogen-bond acceptors (Lipinski definition) is 6. The predicted molar refractivity (Wildman–Crippen MR) is 70.3 cm³/mol. The number of nitro groups is 1. The van der Waals surface area contributed by atoms with Crippen molar-refractivity contribution in [3.8, 4) is 0 Å². The summed E-state index contributed by atoms with van der Waals surface area (Å²) in [6, 6.07) is 4.70. The maximum absolute atomic E-state index is 10.6. The summed E-state index contributed by atoms with van der Waals surface area (Å²) in [5, 5.41) is 13.7. The molecule has 0 radical (unpaired) electrons. The lowest BCUT2D eigenvalue weighted by Crippen LogP contribution is -2.05. The zero-order chi connectivity index (χ0) is 13.7. The Balaban J connectivity index is 1.99. The summed E-state index contributed by atoms with van der Waals surface area (Å²) in [6.45, 7) is 4.00. The standard InChI is InChI=1S/C12H15N3O4/c1-2-18-7-3-6-13-12-14-10-8-9(15(16)17)4-5-11(10)19-12/h4-5,8H,2-3,6-7H2,1H3,(H,13,14). The zero-order valence-corrected chi connectivity index (χ0v) is 10.6. The zero-order valence-electron chi connectivity index (χ0n) is 10.6. The summed E-state index contributed by atoms with van der Waals surface area (Å²) in [5.41, 5.74) is 1.00. The van der Waals surface area contributed by atoms with Gasteiger partial charge in [-0.2, -0.15) is 4.98 Å². The van der Waals surface area contributed by atoms with E-state index in [0.717, 1.165) is 6.42 Å². The van der Waals surface area contributed by atoms with Crippen LogP contribution in [0, 0.1) is 10.1 Å². The molecule has 2 aromatic rings. The molecule has 0 aliphatic heterocycles. The van der Waals surface area contributed by atoms with Crippen LogP contribution in [-0.4, -0.2) is 29.7 Å². The molecule has 0 spiro atoms. The van der Waals surface area contributed by atoms with Crippen LogP contribution in [0.1, 0.15) is 13.3 Å². The van der Waals surface area contributed by atoms with Crippen LogP contribution in [0.4, 0.5) is 11.7 Å². The van der Waals surface area contributed by atoms with Crippen molar-refractivity contribution in [2.24, 2.45) is 0 Å². The molecule has 7 heteroatoms. The van der Waals surface area contributed by atoms with E-state index < -0.39 is 4.92 Å². The van der Waals surface area contributed by atoms with Crippen molar-refractivity contribution in [2.45, 2.75) is 13.3 Å². The van der Waals surface area contributed by atoms with E-state index >= 15 is 0 Å². The molecule has 0 amide bonds. The third kappa shape index (κ3) is 3.41. The number of nitro benzene ring substituents is 1. The highest BCUT2D eigenvalue weighted by Gasteiger charge is 2.11. The van der Waals surface area contributed by atoms with Crippen molar-refractivity contribution in [1.29, 1.82) is 0 Å². The SMILES string of the molecule is CCOCCCNc1nc2cc([N+](=O)[O-])ccc2o1. The monoisotopic (exact) mass is 265 g/mol. The summed E-state index contributed by atoms with van der Waals surface area (Å²) >= 11 is 0. The lowest BCUT2D eigenvalue weighted by molar-refractivity contribution is -0.384. The maximum Gasteiger partial charge on any atom is 0.295 e. The minimum atomic E-state index is -0.455. The number of anilines is 1. The number of rotatable bonds is 7. The van der Waals surface area contributed by atoms with Gasteiger partial charge in [0, 0.05) is 31.9 Å². The molecule has 0 saturated heterocycles. The third-order valence-corrected chi connectivity index (χ3v) is 2.53. The average Bonchev–Trinajstić information content (AvgIpc) is 2.80. The fourth-order valence-corrected chi connectivity index (χ4v) is 1.62. The van der Waals surface area contributed by atoms with Crippen molar-refractivity contribution in [3.63, 3.8) is 0 Å². The summed E-state index contributed by atoms with van der Waals surface area (Å²) in [7, 11) is 0. The van der Waals surface area contributed by atoms with Gasteiger partial charge in [0.1, 0.15) is 5.52 Å². The van der Waals surface area contributed by atoms with Crippen LogP contribution < -0.4 is 5.32 Å². The van der Waals surface area contributed by atoms with Crippen LogP contribution >= 0.6 is 0 Å². The first-order valence-corrected chi connectivity index (χ1v) is 6.07. The summed E-state index contributed by atoms with van der Waals surface area (Å²) < 4.78 is 10.6. The molecule has 0 unspecified atom stereocenters. The van der Waals surface area contributed by atoms with Crippen LogP contribution in [-0.2, 0) is 4.74 Å². The van der Waals surface area contributed by atoms with E-state index in [1.54, 1.807) is 6.07 Å². The van der Waals surface area contributed by atoms with Gasteiger partial charge in [0.05, 0.1) is 4.92 Å². The second-order valence-corrected chi connectivity index (χ2v) is 3.91. The van der Waals surface area contributed by atoms with Crippen molar-refractivity contribution in [2.75, 3.05) is 25.1 Å². The van der Waals surface area contributed by atoms with Gasteiger partial charge < -0.3 is 14.5 Å². The number of aromatic nitrogens is 1. The average molecular weight is 265 g/mol. The van der Waals surface area contributed by atoms with Crippen molar-refractivity contribution in [1.82, 2.24) is 4.98 Å². The van der Waals surface area contributed by atoms with Gasteiger partial charge in [0.25, 0.3) is 11.7 Å². The molecule has 0 aliphatic rings. The number of fused-ring (bicyclic) bond motifs is 1. The van der Waals surface area contributed by atoms with Gasteiger partial charge >= 0.3 is 0 Å². The molecule has 1 N–H and O–H groups in total. The molecule has 1 aromatic heterocycles. The van der Waals surface area contributed by atoms with E-state index in [4.69, 9.17) is 9.15 Å². The van der Waals surface area contributed by atoms with E-state index in [0.29, 0.717) is 36.9 Å². The number of benzene rings is 1. The number of hydrogen-bond donors (Lipinski definition) is 1. The van der Waals surface area contributed by atoms with Crippen LogP contribution in [0.2, 0.25) is 0 Å². The molecule has 7 nitrogen and oxygen atoms in total. The van der Waals surface area contributed by atoms with Crippen LogP contribution in [0.15, 0.2) is 22.6 Å². The predicted octanol–water partition coefficient (Wildman–Crippen LogP) is 2.57. The summed E-state index contributed by atoms with van der Waals surface area (Å²) in [5.74, 6) is 0. The highest BCUT2D eigenvalue weighted by atomic mass is 16.6. The van der Waals surface area contributed by atoms with Gasteiger partial charge in [-0.25, -0.2) is 0 Å². The Morgan fingerprint density at radius 3 is 3.11 bits per heavy atom. The minimum absolute atomic E-state index is 0.00342. The third-order valence-electron chi connectivity index (χ3n) is 2.53. The molecular formula is C12H15N3O4. The smallest absolute Gasteiger partial charge is 0.295 e. The molecule has 0 bridgehead atoms. The van der Waals surface area contributed by atoms with Gasteiger partial charge in [0.2, 0.25) is 0 Å². The fraction of sp³-hybridized carbons (Fsp3) is 0.417. The molecule has 19 heavy (non-hydrogen) atoms. The lowest BCUT2D eigenvalue weighted by Gasteiger charge is -2.01.